The first kappa shape index (κ1) is 28.7. The van der Waals surface area contributed by atoms with E-state index < -0.39 is 23.1 Å². The third kappa shape index (κ3) is 5.13. The van der Waals surface area contributed by atoms with Crippen molar-refractivity contribution in [2.45, 2.75) is 81.7 Å². The Hall–Kier alpha value is -2.34. The van der Waals surface area contributed by atoms with Gasteiger partial charge in [0.15, 0.2) is 23.1 Å². The zero-order chi connectivity index (χ0) is 27.5. The van der Waals surface area contributed by atoms with Gasteiger partial charge in [0.05, 0.1) is 13.3 Å². The molecule has 2 saturated carbocycles. The molecule has 0 aromatic carbocycles. The molecular formula is C27H44N6O5. The van der Waals surface area contributed by atoms with Crippen LogP contribution in [0.2, 0.25) is 0 Å². The minimum absolute atomic E-state index is 0.0327. The summed E-state index contributed by atoms with van der Waals surface area (Å²) in [5.74, 6) is -1.27. The van der Waals surface area contributed by atoms with Gasteiger partial charge in [-0.1, -0.05) is 24.5 Å². The van der Waals surface area contributed by atoms with Gasteiger partial charge < -0.3 is 31.2 Å². The van der Waals surface area contributed by atoms with E-state index in [0.717, 1.165) is 37.8 Å². The summed E-state index contributed by atoms with van der Waals surface area (Å²) < 4.78 is 10.9. The summed E-state index contributed by atoms with van der Waals surface area (Å²) in [7, 11) is 4.80. The van der Waals surface area contributed by atoms with Crippen LogP contribution in [0.25, 0.3) is 0 Å². The number of esters is 1. The maximum Gasteiger partial charge on any atom is 0.349 e. The van der Waals surface area contributed by atoms with Gasteiger partial charge in [0, 0.05) is 38.0 Å². The molecule has 4 unspecified atom stereocenters. The first-order valence-corrected chi connectivity index (χ1v) is 13.9. The smallest absolute Gasteiger partial charge is 0.349 e. The lowest BCUT2D eigenvalue weighted by atomic mass is 9.61. The third-order valence-electron chi connectivity index (χ3n) is 8.90. The van der Waals surface area contributed by atoms with Crippen LogP contribution in [0.1, 0.15) is 58.3 Å². The molecule has 38 heavy (non-hydrogen) atoms. The molecule has 2 aliphatic carbocycles. The van der Waals surface area contributed by atoms with Crippen LogP contribution in [0.4, 0.5) is 0 Å². The van der Waals surface area contributed by atoms with Gasteiger partial charge in [-0.25, -0.2) is 4.79 Å². The van der Waals surface area contributed by atoms with E-state index in [-0.39, 0.29) is 36.1 Å². The second-order valence-corrected chi connectivity index (χ2v) is 11.2. The number of rotatable bonds is 10. The van der Waals surface area contributed by atoms with E-state index in [4.69, 9.17) is 15.2 Å². The molecule has 2 aliphatic heterocycles. The summed E-state index contributed by atoms with van der Waals surface area (Å²) in [6.45, 7) is 3.59. The molecule has 2 saturated heterocycles. The van der Waals surface area contributed by atoms with Crippen molar-refractivity contribution >= 4 is 23.5 Å². The Morgan fingerprint density at radius 3 is 2.63 bits per heavy atom. The van der Waals surface area contributed by atoms with Crippen molar-refractivity contribution in [2.24, 2.45) is 28.5 Å². The van der Waals surface area contributed by atoms with Crippen LogP contribution in [0.15, 0.2) is 16.6 Å². The van der Waals surface area contributed by atoms with E-state index in [9.17, 15) is 14.4 Å². The number of hydrogen-bond acceptors (Lipinski definition) is 9. The SMILES string of the molecule is CN=C(N)N[C@@H](CC(C)=CC[C@@]12O[C@]1(C(=O)OC)C(=O)C1CCCCC1C2=O)C1CCNC(NCNC)C1. The van der Waals surface area contributed by atoms with Crippen molar-refractivity contribution in [2.75, 3.05) is 34.4 Å². The monoisotopic (exact) mass is 532 g/mol. The number of ketones is 2. The van der Waals surface area contributed by atoms with Crippen LogP contribution in [-0.4, -0.2) is 81.3 Å². The van der Waals surface area contributed by atoms with Gasteiger partial charge in [-0.05, 0) is 58.5 Å². The molecule has 0 amide bonds. The molecule has 0 spiro atoms. The van der Waals surface area contributed by atoms with Gasteiger partial charge in [-0.15, -0.1) is 0 Å². The van der Waals surface area contributed by atoms with E-state index in [2.05, 4.69) is 26.3 Å². The summed E-state index contributed by atoms with van der Waals surface area (Å²) in [5, 5.41) is 13.5. The number of hydrogen-bond donors (Lipinski definition) is 5. The lowest BCUT2D eigenvalue weighted by Crippen LogP contribution is -2.58. The molecule has 7 atom stereocenters. The van der Waals surface area contributed by atoms with Crippen molar-refractivity contribution in [3.8, 4) is 0 Å². The van der Waals surface area contributed by atoms with E-state index >= 15 is 0 Å². The Morgan fingerprint density at radius 1 is 1.26 bits per heavy atom. The number of guanidine groups is 1. The summed E-state index contributed by atoms with van der Waals surface area (Å²) in [5.41, 5.74) is 3.85. The zero-order valence-electron chi connectivity index (χ0n) is 23.1. The fraction of sp³-hybridized carbons (Fsp3) is 0.778. The van der Waals surface area contributed by atoms with Crippen LogP contribution < -0.4 is 27.0 Å². The van der Waals surface area contributed by atoms with Gasteiger partial charge in [-0.2, -0.15) is 0 Å². The highest BCUT2D eigenvalue weighted by Crippen LogP contribution is 2.61. The third-order valence-corrected chi connectivity index (χ3v) is 8.90. The highest BCUT2D eigenvalue weighted by Gasteiger charge is 2.86. The normalized spacial score (nSPS) is 36.2. The number of piperidine rings is 1. The quantitative estimate of drug-likeness (QED) is 0.0505. The predicted octanol–water partition coefficient (Wildman–Crippen LogP) is 0.347. The molecule has 0 radical (unpaired) electrons. The van der Waals surface area contributed by atoms with Crippen LogP contribution in [0.5, 0.6) is 0 Å². The standard InChI is InChI=1S/C27H44N6O5/c1-16(13-20(33-25(28)30-3)17-10-12-31-21(14-17)32-15-29-2)9-11-26-22(34)18-7-5-6-8-19(18)23(35)27(26,38-26)24(36)37-4/h9,17-21,29,31-32H,5-8,10-15H2,1-4H3,(H3,28,30,33)/t17?,18?,19?,20-,21?,26-,27-/m0/s1. The molecule has 11 heteroatoms. The maximum atomic E-state index is 13.7. The average Bonchev–Trinajstić information content (AvgIpc) is 3.65. The summed E-state index contributed by atoms with van der Waals surface area (Å²) in [6, 6.07) is 0.0327. The highest BCUT2D eigenvalue weighted by atomic mass is 16.7. The number of ether oxygens (including phenoxy) is 2. The maximum absolute atomic E-state index is 13.7. The molecule has 0 aromatic heterocycles. The number of methoxy groups -OCH3 is 1. The molecule has 4 rings (SSSR count). The van der Waals surface area contributed by atoms with Crippen molar-refractivity contribution < 1.29 is 23.9 Å². The van der Waals surface area contributed by atoms with Crippen molar-refractivity contribution in [3.05, 3.63) is 11.6 Å². The van der Waals surface area contributed by atoms with Gasteiger partial charge in [0.2, 0.25) is 0 Å². The molecule has 4 aliphatic rings. The van der Waals surface area contributed by atoms with Crippen LogP contribution in [-0.2, 0) is 23.9 Å². The number of epoxide rings is 1. The molecule has 11 nitrogen and oxygen atoms in total. The van der Waals surface area contributed by atoms with E-state index in [0.29, 0.717) is 37.8 Å². The molecule has 6 N–H and O–H groups in total. The van der Waals surface area contributed by atoms with E-state index in [1.807, 2.05) is 20.0 Å². The van der Waals surface area contributed by atoms with Crippen LogP contribution in [0, 0.1) is 17.8 Å². The van der Waals surface area contributed by atoms with Gasteiger partial charge in [0.1, 0.15) is 0 Å². The number of aliphatic imine (C=N–C) groups is 1. The molecule has 0 aromatic rings. The minimum atomic E-state index is -1.80. The van der Waals surface area contributed by atoms with Crippen molar-refractivity contribution in [1.29, 1.82) is 0 Å². The molecule has 0 bridgehead atoms. The number of carbonyl (C=O) groups is 3. The summed E-state index contributed by atoms with van der Waals surface area (Å²) >= 11 is 0. The Kier molecular flexibility index (Phi) is 8.91. The predicted molar refractivity (Wildman–Crippen MR) is 143 cm³/mol. The highest BCUT2D eigenvalue weighted by molar-refractivity contribution is 6.23. The summed E-state index contributed by atoms with van der Waals surface area (Å²) in [6.07, 6.45) is 7.95. The first-order valence-electron chi connectivity index (χ1n) is 13.9. The minimum Gasteiger partial charge on any atom is -0.466 e. The number of nitrogens with zero attached hydrogens (tertiary/aromatic N) is 1. The second kappa shape index (κ2) is 11.8. The molecular weight excluding hydrogens is 488 g/mol. The van der Waals surface area contributed by atoms with Gasteiger partial charge in [0.25, 0.3) is 5.60 Å². The first-order chi connectivity index (χ1) is 18.2. The topological polar surface area (TPSA) is 159 Å². The van der Waals surface area contributed by atoms with E-state index in [1.165, 1.54) is 7.11 Å². The largest absolute Gasteiger partial charge is 0.466 e. The van der Waals surface area contributed by atoms with Crippen LogP contribution >= 0.6 is 0 Å². The Bertz CT molecular complexity index is 985. The second-order valence-electron chi connectivity index (χ2n) is 11.2. The number of nitrogens with two attached hydrogens (primary N) is 1. The molecule has 212 valence electrons. The van der Waals surface area contributed by atoms with Gasteiger partial charge >= 0.3 is 5.97 Å². The Labute approximate surface area is 225 Å². The van der Waals surface area contributed by atoms with Crippen LogP contribution in [0.3, 0.4) is 0 Å². The number of nitrogens with one attached hydrogen (secondary N) is 4. The number of carbonyl (C=O) groups excluding carboxylic acids is 3. The average molecular weight is 533 g/mol. The molecule has 4 fully saturated rings. The Balaban J connectivity index is 1.52. The number of Topliss-reactive ketones (excluding diaryl/α,β-unsaturated/α-hetero) is 2. The van der Waals surface area contributed by atoms with E-state index in [1.54, 1.807) is 7.05 Å². The van der Waals surface area contributed by atoms with Gasteiger partial charge in [-0.3, -0.25) is 19.9 Å². The lowest BCUT2D eigenvalue weighted by molar-refractivity contribution is -0.156. The zero-order valence-corrected chi connectivity index (χ0v) is 23.1. The lowest BCUT2D eigenvalue weighted by Gasteiger charge is -2.37. The Morgan fingerprint density at radius 2 is 1.97 bits per heavy atom. The fourth-order valence-corrected chi connectivity index (χ4v) is 6.80. The summed E-state index contributed by atoms with van der Waals surface area (Å²) in [4.78, 5) is 44.2. The molecule has 2 heterocycles. The van der Waals surface area contributed by atoms with Crippen molar-refractivity contribution in [3.63, 3.8) is 0 Å². The fourth-order valence-electron chi connectivity index (χ4n) is 6.80. The van der Waals surface area contributed by atoms with Crippen molar-refractivity contribution in [1.82, 2.24) is 21.3 Å². The number of fused-ring (bicyclic) bond motifs is 2.